The van der Waals surface area contributed by atoms with Crippen LogP contribution in [0.4, 0.5) is 10.5 Å². The molecule has 0 saturated heterocycles. The Bertz CT molecular complexity index is 545. The lowest BCUT2D eigenvalue weighted by atomic mass is 10.0. The van der Waals surface area contributed by atoms with Crippen LogP contribution in [-0.4, -0.2) is 34.7 Å². The van der Waals surface area contributed by atoms with Crippen LogP contribution in [0.2, 0.25) is 0 Å². The molecule has 0 heterocycles. The molecular weight excluding hydrogens is 294 g/mol. The van der Waals surface area contributed by atoms with Crippen LogP contribution in [0, 0.1) is 0 Å². The predicted molar refractivity (Wildman–Crippen MR) is 91.6 cm³/mol. The molecule has 0 unspecified atom stereocenters. The molecule has 0 spiro atoms. The Morgan fingerprint density at radius 2 is 1.65 bits per heavy atom. The zero-order valence-electron chi connectivity index (χ0n) is 14.5. The molecule has 4 N–H and O–H groups in total. The summed E-state index contributed by atoms with van der Waals surface area (Å²) in [6.45, 7) is 9.42. The number of hydrogen-bond acceptors (Lipinski definition) is 3. The highest BCUT2D eigenvalue weighted by atomic mass is 16.3. The van der Waals surface area contributed by atoms with E-state index >= 15 is 0 Å². The molecule has 0 aliphatic heterocycles. The smallest absolute Gasteiger partial charge is 0.319 e. The van der Waals surface area contributed by atoms with Gasteiger partial charge in [-0.25, -0.2) is 4.79 Å². The molecule has 1 aromatic rings. The topological polar surface area (TPSA) is 90.5 Å². The maximum atomic E-state index is 12.0. The Morgan fingerprint density at radius 1 is 1.09 bits per heavy atom. The lowest BCUT2D eigenvalue weighted by Crippen LogP contribution is -2.41. The molecule has 23 heavy (non-hydrogen) atoms. The van der Waals surface area contributed by atoms with Gasteiger partial charge < -0.3 is 21.1 Å². The zero-order valence-corrected chi connectivity index (χ0v) is 14.5. The summed E-state index contributed by atoms with van der Waals surface area (Å²) in [5, 5.41) is 18.0. The van der Waals surface area contributed by atoms with Crippen LogP contribution in [0.3, 0.4) is 0 Å². The van der Waals surface area contributed by atoms with Gasteiger partial charge in [0.05, 0.1) is 5.60 Å². The maximum absolute atomic E-state index is 12.0. The third-order valence-electron chi connectivity index (χ3n) is 3.28. The highest BCUT2D eigenvalue weighted by molar-refractivity contribution is 5.95. The number of carbonyl (C=O) groups is 2. The average molecular weight is 321 g/mol. The number of hydrogen-bond donors (Lipinski definition) is 4. The van der Waals surface area contributed by atoms with E-state index in [1.807, 2.05) is 27.7 Å². The van der Waals surface area contributed by atoms with E-state index in [1.165, 1.54) is 0 Å². The molecule has 3 amide bonds. The minimum absolute atomic E-state index is 0.160. The largest absolute Gasteiger partial charge is 0.388 e. The lowest BCUT2D eigenvalue weighted by Gasteiger charge is -2.21. The second-order valence-electron chi connectivity index (χ2n) is 6.94. The molecule has 1 aromatic carbocycles. The van der Waals surface area contributed by atoms with E-state index in [4.69, 9.17) is 0 Å². The number of rotatable bonds is 5. The second kappa shape index (κ2) is 7.46. The number of carbonyl (C=O) groups excluding carboxylic acids is 2. The van der Waals surface area contributed by atoms with E-state index < -0.39 is 11.6 Å². The second-order valence-corrected chi connectivity index (χ2v) is 6.94. The first-order chi connectivity index (χ1) is 10.5. The van der Waals surface area contributed by atoms with Crippen molar-refractivity contribution in [3.05, 3.63) is 29.8 Å². The van der Waals surface area contributed by atoms with Crippen molar-refractivity contribution < 1.29 is 14.7 Å². The summed E-state index contributed by atoms with van der Waals surface area (Å²) in [6, 6.07) is 6.23. The molecular formula is C17H27N3O3. The van der Waals surface area contributed by atoms with E-state index in [2.05, 4.69) is 16.0 Å². The van der Waals surface area contributed by atoms with Crippen molar-refractivity contribution in [2.24, 2.45) is 0 Å². The van der Waals surface area contributed by atoms with Crippen LogP contribution in [0.5, 0.6) is 0 Å². The fourth-order valence-corrected chi connectivity index (χ4v) is 1.69. The molecule has 0 saturated carbocycles. The quantitative estimate of drug-likeness (QED) is 0.671. The number of nitrogens with one attached hydrogen (secondary N) is 3. The van der Waals surface area contributed by atoms with E-state index in [0.717, 1.165) is 0 Å². The number of anilines is 1. The predicted octanol–water partition coefficient (Wildman–Crippen LogP) is 2.50. The van der Waals surface area contributed by atoms with Gasteiger partial charge in [0, 0.05) is 23.3 Å². The van der Waals surface area contributed by atoms with Crippen LogP contribution >= 0.6 is 0 Å². The third-order valence-corrected chi connectivity index (χ3v) is 3.28. The molecule has 6 heteroatoms. The summed E-state index contributed by atoms with van der Waals surface area (Å²) in [5.74, 6) is -0.160. The zero-order chi connectivity index (χ0) is 17.7. The first-order valence-electron chi connectivity index (χ1n) is 7.72. The van der Waals surface area contributed by atoms with E-state index in [9.17, 15) is 14.7 Å². The molecule has 0 fully saturated rings. The van der Waals surface area contributed by atoms with Crippen molar-refractivity contribution in [3.8, 4) is 0 Å². The van der Waals surface area contributed by atoms with Gasteiger partial charge in [0.2, 0.25) is 0 Å². The van der Waals surface area contributed by atoms with Crippen LogP contribution in [0.25, 0.3) is 0 Å². The highest BCUT2D eigenvalue weighted by Crippen LogP contribution is 2.11. The molecule has 0 aromatic heterocycles. The SMILES string of the molecule is CC[C@](C)(O)CNC(=O)Nc1ccc(C(=O)NC(C)(C)C)cc1. The Labute approximate surface area is 137 Å². The standard InChI is InChI=1S/C17H27N3O3/c1-6-17(5,23)11-18-15(22)19-13-9-7-12(8-10-13)14(21)20-16(2,3)4/h7-10,23H,6,11H2,1-5H3,(H,20,21)(H2,18,19,22)/t17-/m0/s1. The third kappa shape index (κ3) is 7.15. The van der Waals surface area contributed by atoms with Gasteiger partial charge in [0.15, 0.2) is 0 Å². The van der Waals surface area contributed by atoms with Crippen LogP contribution in [0.1, 0.15) is 51.4 Å². The van der Waals surface area contributed by atoms with Crippen LogP contribution in [-0.2, 0) is 0 Å². The highest BCUT2D eigenvalue weighted by Gasteiger charge is 2.18. The monoisotopic (exact) mass is 321 g/mol. The van der Waals surface area contributed by atoms with Crippen molar-refractivity contribution in [2.45, 2.75) is 52.2 Å². The summed E-state index contributed by atoms with van der Waals surface area (Å²) in [4.78, 5) is 23.8. The van der Waals surface area contributed by atoms with Crippen LogP contribution < -0.4 is 16.0 Å². The van der Waals surface area contributed by atoms with Crippen molar-refractivity contribution in [3.63, 3.8) is 0 Å². The molecule has 0 bridgehead atoms. The minimum atomic E-state index is -0.924. The Morgan fingerprint density at radius 3 is 2.13 bits per heavy atom. The molecule has 0 aliphatic carbocycles. The fourth-order valence-electron chi connectivity index (χ4n) is 1.69. The van der Waals surface area contributed by atoms with Gasteiger partial charge in [0.25, 0.3) is 5.91 Å². The minimum Gasteiger partial charge on any atom is -0.388 e. The van der Waals surface area contributed by atoms with Crippen LogP contribution in [0.15, 0.2) is 24.3 Å². The Hall–Kier alpha value is -2.08. The van der Waals surface area contributed by atoms with Gasteiger partial charge in [-0.2, -0.15) is 0 Å². The molecule has 1 rings (SSSR count). The van der Waals surface area contributed by atoms with Crippen molar-refractivity contribution >= 4 is 17.6 Å². The average Bonchev–Trinajstić information content (AvgIpc) is 2.44. The Balaban J connectivity index is 2.57. The van der Waals surface area contributed by atoms with Gasteiger partial charge in [-0.1, -0.05) is 6.92 Å². The summed E-state index contributed by atoms with van der Waals surface area (Å²) < 4.78 is 0. The summed E-state index contributed by atoms with van der Waals surface area (Å²) in [7, 11) is 0. The molecule has 0 radical (unpaired) electrons. The van der Waals surface area contributed by atoms with Crippen molar-refractivity contribution in [1.82, 2.24) is 10.6 Å². The van der Waals surface area contributed by atoms with Gasteiger partial charge in [-0.3, -0.25) is 4.79 Å². The first-order valence-corrected chi connectivity index (χ1v) is 7.72. The fraction of sp³-hybridized carbons (Fsp3) is 0.529. The Kier molecular flexibility index (Phi) is 6.15. The first kappa shape index (κ1) is 19.0. The number of urea groups is 1. The molecule has 0 aliphatic rings. The van der Waals surface area contributed by atoms with Gasteiger partial charge in [-0.05, 0) is 58.4 Å². The molecule has 128 valence electrons. The maximum Gasteiger partial charge on any atom is 0.319 e. The summed E-state index contributed by atoms with van der Waals surface area (Å²) >= 11 is 0. The van der Waals surface area contributed by atoms with E-state index in [1.54, 1.807) is 31.2 Å². The van der Waals surface area contributed by atoms with Gasteiger partial charge in [0.1, 0.15) is 0 Å². The number of amides is 3. The van der Waals surface area contributed by atoms with E-state index in [-0.39, 0.29) is 18.0 Å². The summed E-state index contributed by atoms with van der Waals surface area (Å²) in [6.07, 6.45) is 0.546. The van der Waals surface area contributed by atoms with Crippen molar-refractivity contribution in [2.75, 3.05) is 11.9 Å². The normalized spacial score (nSPS) is 13.8. The molecule has 1 atom stereocenters. The number of benzene rings is 1. The van der Waals surface area contributed by atoms with Gasteiger partial charge in [-0.15, -0.1) is 0 Å². The number of aliphatic hydroxyl groups is 1. The van der Waals surface area contributed by atoms with Gasteiger partial charge >= 0.3 is 6.03 Å². The van der Waals surface area contributed by atoms with E-state index in [0.29, 0.717) is 17.7 Å². The lowest BCUT2D eigenvalue weighted by molar-refractivity contribution is 0.0587. The summed E-state index contributed by atoms with van der Waals surface area (Å²) in [5.41, 5.74) is -0.123. The molecule has 6 nitrogen and oxygen atoms in total. The van der Waals surface area contributed by atoms with Crippen molar-refractivity contribution in [1.29, 1.82) is 0 Å².